The molecule has 5 aliphatic rings. The zero-order valence-corrected chi connectivity index (χ0v) is 19.5. The van der Waals surface area contributed by atoms with Crippen molar-refractivity contribution in [1.82, 2.24) is 20.0 Å². The lowest BCUT2D eigenvalue weighted by atomic mass is 9.76. The molecule has 0 aromatic heterocycles. The Bertz CT molecular complexity index is 714. The quantitative estimate of drug-likeness (QED) is 0.728. The number of urea groups is 1. The molecule has 0 radical (unpaired) electrons. The molecule has 7 nitrogen and oxygen atoms in total. The van der Waals surface area contributed by atoms with Gasteiger partial charge in [-0.2, -0.15) is 0 Å². The summed E-state index contributed by atoms with van der Waals surface area (Å²) >= 11 is 0. The van der Waals surface area contributed by atoms with Gasteiger partial charge in [-0.3, -0.25) is 9.59 Å². The van der Waals surface area contributed by atoms with Crippen LogP contribution in [0.25, 0.3) is 0 Å². The van der Waals surface area contributed by atoms with Crippen LogP contribution in [-0.2, 0) is 9.59 Å². The highest BCUT2D eigenvalue weighted by Gasteiger charge is 2.45. The van der Waals surface area contributed by atoms with E-state index in [9.17, 15) is 14.4 Å². The van der Waals surface area contributed by atoms with E-state index in [2.05, 4.69) is 15.1 Å². The van der Waals surface area contributed by atoms with Crippen LogP contribution in [0.2, 0.25) is 0 Å². The van der Waals surface area contributed by atoms with Crippen LogP contribution in [0.3, 0.4) is 0 Å². The summed E-state index contributed by atoms with van der Waals surface area (Å²) in [5.41, 5.74) is 0. The number of carbonyl (C=O) groups is 3. The van der Waals surface area contributed by atoms with Crippen LogP contribution in [0.15, 0.2) is 0 Å². The van der Waals surface area contributed by atoms with Crippen molar-refractivity contribution in [3.05, 3.63) is 0 Å². The highest BCUT2D eigenvalue weighted by atomic mass is 16.2. The summed E-state index contributed by atoms with van der Waals surface area (Å²) in [5, 5.41) is 3.20. The lowest BCUT2D eigenvalue weighted by Crippen LogP contribution is -2.62. The number of rotatable bonds is 3. The van der Waals surface area contributed by atoms with Gasteiger partial charge in [0.15, 0.2) is 0 Å². The standard InChI is InChI=1S/C25H40N4O3/c30-23-8-4-7-22-21-13-19(16-29(22)23)15-28(17-21)25(32)27-11-9-20(10-12-27)24(31)26-14-18-5-2-1-3-6-18/h18-22H,1-17H2,(H,26,31)/t19?,21?,22-/m1/s1. The van der Waals surface area contributed by atoms with Crippen molar-refractivity contribution in [2.45, 2.75) is 76.7 Å². The van der Waals surface area contributed by atoms with E-state index < -0.39 is 0 Å². The maximum absolute atomic E-state index is 13.3. The monoisotopic (exact) mass is 444 g/mol. The summed E-state index contributed by atoms with van der Waals surface area (Å²) in [7, 11) is 0. The molecule has 4 saturated heterocycles. The van der Waals surface area contributed by atoms with Crippen molar-refractivity contribution in [2.75, 3.05) is 39.3 Å². The van der Waals surface area contributed by atoms with E-state index in [1.165, 1.54) is 32.1 Å². The number of nitrogens with one attached hydrogen (secondary N) is 1. The molecular formula is C25H40N4O3. The van der Waals surface area contributed by atoms with Crippen molar-refractivity contribution < 1.29 is 14.4 Å². The van der Waals surface area contributed by atoms with Crippen molar-refractivity contribution in [3.63, 3.8) is 0 Å². The molecule has 1 N–H and O–H groups in total. The van der Waals surface area contributed by atoms with Gasteiger partial charge in [-0.25, -0.2) is 4.79 Å². The summed E-state index contributed by atoms with van der Waals surface area (Å²) in [4.78, 5) is 44.4. The minimum atomic E-state index is 0.0465. The normalized spacial score (nSPS) is 31.9. The highest BCUT2D eigenvalue weighted by molar-refractivity contribution is 5.80. The Kier molecular flexibility index (Phi) is 6.61. The Labute approximate surface area is 192 Å². The summed E-state index contributed by atoms with van der Waals surface area (Å²) in [6.07, 6.45) is 11.9. The first-order chi connectivity index (χ1) is 15.6. The number of nitrogens with zero attached hydrogens (tertiary/aromatic N) is 3. The fourth-order valence-electron chi connectivity index (χ4n) is 7.08. The first-order valence-electron chi connectivity index (χ1n) is 13.2. The molecule has 1 saturated carbocycles. The number of amides is 4. The third-order valence-corrected chi connectivity index (χ3v) is 8.88. The zero-order valence-electron chi connectivity index (χ0n) is 19.5. The van der Waals surface area contributed by atoms with Gasteiger partial charge in [0.25, 0.3) is 0 Å². The van der Waals surface area contributed by atoms with E-state index in [1.807, 2.05) is 4.90 Å². The van der Waals surface area contributed by atoms with Gasteiger partial charge in [-0.1, -0.05) is 19.3 Å². The topological polar surface area (TPSA) is 73.0 Å². The predicted molar refractivity (Wildman–Crippen MR) is 122 cm³/mol. The molecule has 4 heterocycles. The van der Waals surface area contributed by atoms with Gasteiger partial charge >= 0.3 is 6.03 Å². The smallest absolute Gasteiger partial charge is 0.320 e. The van der Waals surface area contributed by atoms with E-state index in [0.717, 1.165) is 58.3 Å². The Morgan fingerprint density at radius 3 is 2.44 bits per heavy atom. The Hall–Kier alpha value is -1.79. The maximum Gasteiger partial charge on any atom is 0.320 e. The van der Waals surface area contributed by atoms with Crippen LogP contribution in [0, 0.1) is 23.7 Å². The van der Waals surface area contributed by atoms with Gasteiger partial charge in [-0.05, 0) is 62.7 Å². The lowest BCUT2D eigenvalue weighted by molar-refractivity contribution is -0.144. The number of likely N-dealkylation sites (tertiary alicyclic amines) is 2. The van der Waals surface area contributed by atoms with E-state index in [1.54, 1.807) is 0 Å². The van der Waals surface area contributed by atoms with Crippen LogP contribution in [0.5, 0.6) is 0 Å². The Morgan fingerprint density at radius 1 is 0.875 bits per heavy atom. The number of piperidine rings is 4. The summed E-state index contributed by atoms with van der Waals surface area (Å²) in [6, 6.07) is 0.484. The lowest BCUT2D eigenvalue weighted by Gasteiger charge is -2.53. The van der Waals surface area contributed by atoms with Crippen LogP contribution >= 0.6 is 0 Å². The Morgan fingerprint density at radius 2 is 1.66 bits per heavy atom. The van der Waals surface area contributed by atoms with E-state index >= 15 is 0 Å². The molecule has 178 valence electrons. The van der Waals surface area contributed by atoms with E-state index in [0.29, 0.717) is 49.2 Å². The molecule has 0 aromatic carbocycles. The first-order valence-corrected chi connectivity index (χ1v) is 13.2. The number of carbonyl (C=O) groups excluding carboxylic acids is 3. The number of fused-ring (bicyclic) bond motifs is 4. The number of hydrogen-bond donors (Lipinski definition) is 1. The average molecular weight is 445 g/mol. The molecule has 0 spiro atoms. The zero-order chi connectivity index (χ0) is 22.1. The van der Waals surface area contributed by atoms with Crippen molar-refractivity contribution in [1.29, 1.82) is 0 Å². The molecule has 4 aliphatic heterocycles. The fraction of sp³-hybridized carbons (Fsp3) is 0.880. The molecule has 5 fully saturated rings. The van der Waals surface area contributed by atoms with Crippen LogP contribution in [0.1, 0.15) is 70.6 Å². The van der Waals surface area contributed by atoms with Gasteiger partial charge < -0.3 is 20.0 Å². The molecule has 32 heavy (non-hydrogen) atoms. The molecule has 2 unspecified atom stereocenters. The maximum atomic E-state index is 13.3. The summed E-state index contributed by atoms with van der Waals surface area (Å²) in [5.74, 6) is 2.06. The molecule has 5 rings (SSSR count). The van der Waals surface area contributed by atoms with Gasteiger partial charge in [0.05, 0.1) is 0 Å². The van der Waals surface area contributed by atoms with Crippen LogP contribution < -0.4 is 5.32 Å². The van der Waals surface area contributed by atoms with Gasteiger partial charge in [0.2, 0.25) is 11.8 Å². The van der Waals surface area contributed by atoms with Crippen LogP contribution in [-0.4, -0.2) is 77.9 Å². The second kappa shape index (κ2) is 9.60. The largest absolute Gasteiger partial charge is 0.356 e. The van der Waals surface area contributed by atoms with Crippen molar-refractivity contribution in [2.24, 2.45) is 23.7 Å². The third kappa shape index (κ3) is 4.62. The first kappa shape index (κ1) is 22.0. The third-order valence-electron chi connectivity index (χ3n) is 8.88. The molecule has 2 bridgehead atoms. The van der Waals surface area contributed by atoms with Crippen LogP contribution in [0.4, 0.5) is 4.79 Å². The van der Waals surface area contributed by atoms with E-state index in [-0.39, 0.29) is 17.9 Å². The minimum Gasteiger partial charge on any atom is -0.356 e. The highest BCUT2D eigenvalue weighted by Crippen LogP contribution is 2.38. The number of hydrogen-bond acceptors (Lipinski definition) is 3. The molecule has 7 heteroatoms. The van der Waals surface area contributed by atoms with Gasteiger partial charge in [0.1, 0.15) is 0 Å². The molecular weight excluding hydrogens is 404 g/mol. The molecule has 3 atom stereocenters. The summed E-state index contributed by atoms with van der Waals surface area (Å²) in [6.45, 7) is 4.57. The van der Waals surface area contributed by atoms with Crippen molar-refractivity contribution >= 4 is 17.8 Å². The SMILES string of the molecule is O=C(NCC1CCCCC1)C1CCN(C(=O)N2CC3CC(C2)[C@H]2CCCC(=O)N2C3)CC1. The van der Waals surface area contributed by atoms with E-state index in [4.69, 9.17) is 0 Å². The molecule has 4 amide bonds. The predicted octanol–water partition coefficient (Wildman–Crippen LogP) is 2.85. The molecule has 1 aliphatic carbocycles. The second-order valence-electron chi connectivity index (χ2n) is 11.1. The Balaban J connectivity index is 1.09. The fourth-order valence-corrected chi connectivity index (χ4v) is 7.08. The molecule has 0 aromatic rings. The van der Waals surface area contributed by atoms with Gasteiger partial charge in [-0.15, -0.1) is 0 Å². The minimum absolute atomic E-state index is 0.0465. The summed E-state index contributed by atoms with van der Waals surface area (Å²) < 4.78 is 0. The van der Waals surface area contributed by atoms with Crippen molar-refractivity contribution in [3.8, 4) is 0 Å². The average Bonchev–Trinajstić information content (AvgIpc) is 2.83. The van der Waals surface area contributed by atoms with Gasteiger partial charge in [0, 0.05) is 57.6 Å². The second-order valence-corrected chi connectivity index (χ2v) is 11.1.